The summed E-state index contributed by atoms with van der Waals surface area (Å²) in [6.45, 7) is 9.60. The van der Waals surface area contributed by atoms with Gasteiger partial charge >= 0.3 is 17.6 Å². The van der Waals surface area contributed by atoms with E-state index in [0.717, 1.165) is 24.0 Å². The van der Waals surface area contributed by atoms with E-state index < -0.39 is 35.4 Å². The second kappa shape index (κ2) is 13.2. The number of fused-ring (bicyclic) bond motifs is 1. The average molecular weight is 517 g/mol. The van der Waals surface area contributed by atoms with Gasteiger partial charge in [0.05, 0.1) is 17.1 Å². The third-order valence-electron chi connectivity index (χ3n) is 5.51. The van der Waals surface area contributed by atoms with Crippen LogP contribution in [0.25, 0.3) is 11.0 Å². The van der Waals surface area contributed by atoms with E-state index in [1.54, 1.807) is 12.1 Å². The van der Waals surface area contributed by atoms with E-state index in [1.165, 1.54) is 39.8 Å². The molecular formula is C28H36O9. The lowest BCUT2D eigenvalue weighted by molar-refractivity contribution is -0.173. The van der Waals surface area contributed by atoms with Crippen LogP contribution in [0.4, 0.5) is 0 Å². The summed E-state index contributed by atoms with van der Waals surface area (Å²) >= 11 is 0. The standard InChI is InChI=1S/C28H36O9/c1-17(8-7-9-18(2)14-23(31)27(28(5,6)33)36-20(4)30)12-13-34-21-15-24(35-19(3)29)22-10-11-26(32)37-25(22)16-21/h9-12,15-16,23,27,31,33H,7-8,13-14H2,1-6H3/b17-12+,18-9+/t23-,27+/m0/s1. The minimum absolute atomic E-state index is 0.243. The Hall–Kier alpha value is -3.43. The molecule has 2 rings (SSSR count). The maximum Gasteiger partial charge on any atom is 0.336 e. The number of benzene rings is 1. The van der Waals surface area contributed by atoms with E-state index in [-0.39, 0.29) is 24.4 Å². The van der Waals surface area contributed by atoms with Gasteiger partial charge in [0.1, 0.15) is 23.7 Å². The van der Waals surface area contributed by atoms with E-state index in [2.05, 4.69) is 0 Å². The van der Waals surface area contributed by atoms with Crippen LogP contribution in [-0.2, 0) is 14.3 Å². The smallest absolute Gasteiger partial charge is 0.336 e. The van der Waals surface area contributed by atoms with Crippen LogP contribution in [0.15, 0.2) is 56.8 Å². The predicted molar refractivity (Wildman–Crippen MR) is 139 cm³/mol. The minimum Gasteiger partial charge on any atom is -0.489 e. The van der Waals surface area contributed by atoms with Crippen molar-refractivity contribution in [2.45, 2.75) is 78.6 Å². The van der Waals surface area contributed by atoms with Crippen LogP contribution >= 0.6 is 0 Å². The molecule has 0 radical (unpaired) electrons. The van der Waals surface area contributed by atoms with Crippen LogP contribution in [0, 0.1) is 0 Å². The Morgan fingerprint density at radius 3 is 2.38 bits per heavy atom. The fourth-order valence-electron chi connectivity index (χ4n) is 3.76. The van der Waals surface area contributed by atoms with Crippen molar-refractivity contribution >= 4 is 22.9 Å². The van der Waals surface area contributed by atoms with Crippen molar-refractivity contribution in [3.63, 3.8) is 0 Å². The number of aliphatic hydroxyl groups excluding tert-OH is 1. The number of esters is 2. The van der Waals surface area contributed by atoms with Gasteiger partial charge in [0.2, 0.25) is 0 Å². The van der Waals surface area contributed by atoms with Gasteiger partial charge in [-0.15, -0.1) is 0 Å². The molecule has 0 unspecified atom stereocenters. The van der Waals surface area contributed by atoms with Gasteiger partial charge in [0.15, 0.2) is 6.10 Å². The maximum absolute atomic E-state index is 11.6. The molecule has 9 heteroatoms. The average Bonchev–Trinajstić information content (AvgIpc) is 2.75. The Kier molecular flexibility index (Phi) is 10.6. The summed E-state index contributed by atoms with van der Waals surface area (Å²) in [4.78, 5) is 34.4. The molecule has 9 nitrogen and oxygen atoms in total. The molecule has 2 aromatic rings. The zero-order valence-corrected chi connectivity index (χ0v) is 22.2. The molecule has 1 heterocycles. The summed E-state index contributed by atoms with van der Waals surface area (Å²) < 4.78 is 21.3. The van der Waals surface area contributed by atoms with Crippen LogP contribution in [0.3, 0.4) is 0 Å². The number of allylic oxidation sites excluding steroid dienone is 2. The van der Waals surface area contributed by atoms with E-state index in [1.807, 2.05) is 26.0 Å². The molecule has 0 saturated carbocycles. The molecule has 2 N–H and O–H groups in total. The van der Waals surface area contributed by atoms with Crippen molar-refractivity contribution in [2.75, 3.05) is 6.61 Å². The summed E-state index contributed by atoms with van der Waals surface area (Å²) in [7, 11) is 0. The summed E-state index contributed by atoms with van der Waals surface area (Å²) in [5, 5.41) is 21.2. The van der Waals surface area contributed by atoms with Crippen molar-refractivity contribution < 1.29 is 38.4 Å². The Balaban J connectivity index is 1.95. The Labute approximate surface area is 216 Å². The molecule has 0 saturated heterocycles. The summed E-state index contributed by atoms with van der Waals surface area (Å²) in [6, 6.07) is 5.93. The number of ether oxygens (including phenoxy) is 3. The second-order valence-electron chi connectivity index (χ2n) is 9.59. The molecule has 0 aliphatic rings. The first-order valence-electron chi connectivity index (χ1n) is 12.0. The van der Waals surface area contributed by atoms with Crippen LogP contribution < -0.4 is 15.1 Å². The fourth-order valence-corrected chi connectivity index (χ4v) is 3.76. The van der Waals surface area contributed by atoms with Crippen molar-refractivity contribution in [2.24, 2.45) is 0 Å². The van der Waals surface area contributed by atoms with Gasteiger partial charge in [-0.2, -0.15) is 0 Å². The molecule has 0 spiro atoms. The van der Waals surface area contributed by atoms with E-state index >= 15 is 0 Å². The van der Waals surface area contributed by atoms with Gasteiger partial charge in [-0.25, -0.2) is 4.79 Å². The number of carbonyl (C=O) groups excluding carboxylic acids is 2. The van der Waals surface area contributed by atoms with Crippen molar-refractivity contribution in [1.82, 2.24) is 0 Å². The fraction of sp³-hybridized carbons (Fsp3) is 0.464. The van der Waals surface area contributed by atoms with E-state index in [0.29, 0.717) is 11.1 Å². The summed E-state index contributed by atoms with van der Waals surface area (Å²) in [6.07, 6.45) is 3.58. The van der Waals surface area contributed by atoms with E-state index in [4.69, 9.17) is 18.6 Å². The van der Waals surface area contributed by atoms with Crippen LogP contribution in [0.5, 0.6) is 11.5 Å². The van der Waals surface area contributed by atoms with Crippen LogP contribution in [0.1, 0.15) is 60.8 Å². The first-order chi connectivity index (χ1) is 17.3. The predicted octanol–water partition coefficient (Wildman–Crippen LogP) is 4.22. The van der Waals surface area contributed by atoms with Gasteiger partial charge in [-0.1, -0.05) is 17.2 Å². The molecule has 0 aliphatic heterocycles. The molecular weight excluding hydrogens is 480 g/mol. The van der Waals surface area contributed by atoms with Crippen molar-refractivity contribution in [3.05, 3.63) is 58.0 Å². The summed E-state index contributed by atoms with van der Waals surface area (Å²) in [5.74, 6) is -0.432. The van der Waals surface area contributed by atoms with Gasteiger partial charge < -0.3 is 28.8 Å². The topological polar surface area (TPSA) is 132 Å². The highest BCUT2D eigenvalue weighted by Gasteiger charge is 2.36. The quantitative estimate of drug-likeness (QED) is 0.184. The largest absolute Gasteiger partial charge is 0.489 e. The first kappa shape index (κ1) is 29.8. The number of hydrogen-bond acceptors (Lipinski definition) is 9. The third kappa shape index (κ3) is 9.86. The number of hydrogen-bond donors (Lipinski definition) is 2. The van der Waals surface area contributed by atoms with E-state index in [9.17, 15) is 24.6 Å². The number of aliphatic hydroxyl groups is 2. The molecule has 0 amide bonds. The first-order valence-corrected chi connectivity index (χ1v) is 12.0. The van der Waals surface area contributed by atoms with Crippen molar-refractivity contribution in [3.8, 4) is 11.5 Å². The molecule has 1 aromatic carbocycles. The number of rotatable bonds is 12. The maximum atomic E-state index is 11.6. The normalized spacial score (nSPS) is 14.3. The molecule has 37 heavy (non-hydrogen) atoms. The van der Waals surface area contributed by atoms with Crippen molar-refractivity contribution in [1.29, 1.82) is 0 Å². The van der Waals surface area contributed by atoms with Gasteiger partial charge in [0, 0.05) is 32.0 Å². The summed E-state index contributed by atoms with van der Waals surface area (Å²) in [5.41, 5.74) is 0.345. The van der Waals surface area contributed by atoms with Gasteiger partial charge in [-0.3, -0.25) is 9.59 Å². The molecule has 0 fully saturated rings. The van der Waals surface area contributed by atoms with Gasteiger partial charge in [0.25, 0.3) is 0 Å². The third-order valence-corrected chi connectivity index (χ3v) is 5.51. The monoisotopic (exact) mass is 516 g/mol. The molecule has 0 aliphatic carbocycles. The van der Waals surface area contributed by atoms with Crippen LogP contribution in [0.2, 0.25) is 0 Å². The zero-order valence-electron chi connectivity index (χ0n) is 22.2. The SMILES string of the molecule is CC(=O)Oc1cc(OC/C=C(\C)CC/C=C(\C)C[C@H](O)[C@@H](OC(C)=O)C(C)(C)O)cc2oc(=O)ccc12. The molecule has 1 aromatic heterocycles. The molecule has 0 bridgehead atoms. The highest BCUT2D eigenvalue weighted by atomic mass is 16.6. The molecule has 202 valence electrons. The molecule has 2 atom stereocenters. The Morgan fingerprint density at radius 2 is 1.76 bits per heavy atom. The van der Waals surface area contributed by atoms with Crippen LogP contribution in [-0.4, -0.2) is 46.6 Å². The Morgan fingerprint density at radius 1 is 1.05 bits per heavy atom. The minimum atomic E-state index is -1.37. The highest BCUT2D eigenvalue weighted by molar-refractivity contribution is 5.87. The van der Waals surface area contributed by atoms with Gasteiger partial charge in [-0.05, 0) is 59.1 Å². The number of carbonyl (C=O) groups is 2. The zero-order chi connectivity index (χ0) is 27.8. The Bertz CT molecular complexity index is 1210. The lowest BCUT2D eigenvalue weighted by Gasteiger charge is -2.32. The second-order valence-corrected chi connectivity index (χ2v) is 9.59. The lowest BCUT2D eigenvalue weighted by atomic mass is 9.92. The highest BCUT2D eigenvalue weighted by Crippen LogP contribution is 2.31. The lowest BCUT2D eigenvalue weighted by Crippen LogP contribution is -2.47.